The number of nitrogens with zero attached hydrogens (tertiary/aromatic N) is 1. The van der Waals surface area contributed by atoms with Gasteiger partial charge in [0, 0.05) is 32.2 Å². The monoisotopic (exact) mass is 298 g/mol. The molecule has 3 amide bonds. The molecule has 2 aliphatic rings. The predicted molar refractivity (Wildman–Crippen MR) is 79.0 cm³/mol. The van der Waals surface area contributed by atoms with E-state index in [2.05, 4.69) is 34.7 Å². The van der Waals surface area contributed by atoms with Gasteiger partial charge in [-0.2, -0.15) is 0 Å². The molecule has 2 rings (SSSR count). The number of urea groups is 1. The van der Waals surface area contributed by atoms with Crippen molar-refractivity contribution in [2.45, 2.75) is 32.4 Å². The van der Waals surface area contributed by atoms with Gasteiger partial charge in [0.15, 0.2) is 0 Å². The molecule has 3 N–H and O–H groups in total. The lowest BCUT2D eigenvalue weighted by Gasteiger charge is -2.35. The van der Waals surface area contributed by atoms with Gasteiger partial charge in [0.05, 0.1) is 13.2 Å². The van der Waals surface area contributed by atoms with E-state index in [1.54, 1.807) is 0 Å². The molecule has 2 atom stereocenters. The van der Waals surface area contributed by atoms with E-state index >= 15 is 0 Å². The Bertz CT molecular complexity index is 369. The van der Waals surface area contributed by atoms with Gasteiger partial charge in [0.25, 0.3) is 0 Å². The number of hydrogen-bond donors (Lipinski definition) is 3. The molecule has 7 heteroatoms. The normalized spacial score (nSPS) is 24.5. The highest BCUT2D eigenvalue weighted by Crippen LogP contribution is 2.13. The first-order valence-electron chi connectivity index (χ1n) is 7.70. The summed E-state index contributed by atoms with van der Waals surface area (Å²) >= 11 is 0. The molecule has 0 aromatic rings. The van der Waals surface area contributed by atoms with Crippen LogP contribution >= 0.6 is 0 Å². The van der Waals surface area contributed by atoms with Crippen LogP contribution < -0.4 is 16.0 Å². The van der Waals surface area contributed by atoms with Gasteiger partial charge in [0.1, 0.15) is 6.04 Å². The Morgan fingerprint density at radius 3 is 2.71 bits per heavy atom. The van der Waals surface area contributed by atoms with E-state index in [1.807, 2.05) is 0 Å². The largest absolute Gasteiger partial charge is 0.379 e. The molecular weight excluding hydrogens is 272 g/mol. The lowest BCUT2D eigenvalue weighted by molar-refractivity contribution is -0.122. The number of morpholine rings is 1. The van der Waals surface area contributed by atoms with Crippen LogP contribution in [0.2, 0.25) is 0 Å². The Labute approximate surface area is 125 Å². The van der Waals surface area contributed by atoms with Crippen molar-refractivity contribution in [2.24, 2.45) is 5.92 Å². The van der Waals surface area contributed by atoms with Gasteiger partial charge >= 0.3 is 6.03 Å². The number of rotatable bonds is 6. The summed E-state index contributed by atoms with van der Waals surface area (Å²) in [5.41, 5.74) is 0. The molecule has 7 nitrogen and oxygen atoms in total. The van der Waals surface area contributed by atoms with E-state index in [1.165, 1.54) is 0 Å². The van der Waals surface area contributed by atoms with Crippen LogP contribution in [-0.4, -0.2) is 68.3 Å². The number of amides is 3. The molecule has 21 heavy (non-hydrogen) atoms. The van der Waals surface area contributed by atoms with Crippen LogP contribution in [0.1, 0.15) is 20.3 Å². The van der Waals surface area contributed by atoms with Gasteiger partial charge in [0.2, 0.25) is 5.91 Å². The first-order chi connectivity index (χ1) is 10.1. The minimum atomic E-state index is -0.457. The number of carbonyl (C=O) groups is 2. The average Bonchev–Trinajstić information content (AvgIpc) is 2.90. The quantitative estimate of drug-likeness (QED) is 0.619. The van der Waals surface area contributed by atoms with Crippen LogP contribution in [-0.2, 0) is 9.53 Å². The molecule has 0 bridgehead atoms. The van der Waals surface area contributed by atoms with Crippen LogP contribution in [0.25, 0.3) is 0 Å². The van der Waals surface area contributed by atoms with Crippen LogP contribution in [0.3, 0.4) is 0 Å². The lowest BCUT2D eigenvalue weighted by atomic mass is 10.0. The van der Waals surface area contributed by atoms with Gasteiger partial charge < -0.3 is 20.7 Å². The van der Waals surface area contributed by atoms with E-state index in [4.69, 9.17) is 4.74 Å². The third kappa shape index (κ3) is 4.86. The predicted octanol–water partition coefficient (Wildman–Crippen LogP) is -0.469. The van der Waals surface area contributed by atoms with Crippen molar-refractivity contribution in [2.75, 3.05) is 39.4 Å². The molecule has 0 spiro atoms. The molecule has 120 valence electrons. The highest BCUT2D eigenvalue weighted by molar-refractivity contribution is 5.90. The SMILES string of the molecule is CC(C)C[C@H](CNC(=O)[C@H]1CNC(=O)N1)N1CCOCC1. The number of carbonyl (C=O) groups excluding carboxylic acids is 2. The molecule has 2 fully saturated rings. The summed E-state index contributed by atoms with van der Waals surface area (Å²) in [5, 5.41) is 8.17. The third-order valence-electron chi connectivity index (χ3n) is 3.91. The third-order valence-corrected chi connectivity index (χ3v) is 3.91. The lowest BCUT2D eigenvalue weighted by Crippen LogP contribution is -2.51. The van der Waals surface area contributed by atoms with Crippen molar-refractivity contribution in [1.29, 1.82) is 0 Å². The Morgan fingerprint density at radius 2 is 2.14 bits per heavy atom. The Hall–Kier alpha value is -1.34. The van der Waals surface area contributed by atoms with E-state index in [0.29, 0.717) is 25.0 Å². The molecule has 0 aliphatic carbocycles. The summed E-state index contributed by atoms with van der Waals surface area (Å²) in [6.45, 7) is 8.69. The second kappa shape index (κ2) is 7.61. The second-order valence-electron chi connectivity index (χ2n) is 6.08. The zero-order chi connectivity index (χ0) is 15.2. The molecule has 0 saturated carbocycles. The van der Waals surface area contributed by atoms with Gasteiger partial charge in [-0.15, -0.1) is 0 Å². The standard InChI is InChI=1S/C14H26N4O3/c1-10(2)7-11(18-3-5-21-6-4-18)8-15-13(19)12-9-16-14(20)17-12/h10-12H,3-9H2,1-2H3,(H,15,19)(H2,16,17,20)/t11-,12-/m1/s1. The summed E-state index contributed by atoms with van der Waals surface area (Å²) in [5.74, 6) is 0.456. The maximum absolute atomic E-state index is 12.1. The summed E-state index contributed by atoms with van der Waals surface area (Å²) in [6, 6.07) is -0.410. The molecule has 0 aromatic heterocycles. The molecule has 2 heterocycles. The maximum atomic E-state index is 12.1. The fraction of sp³-hybridized carbons (Fsp3) is 0.857. The molecule has 2 aliphatic heterocycles. The molecule has 2 saturated heterocycles. The molecular formula is C14H26N4O3. The minimum Gasteiger partial charge on any atom is -0.379 e. The summed E-state index contributed by atoms with van der Waals surface area (Å²) in [4.78, 5) is 25.5. The zero-order valence-corrected chi connectivity index (χ0v) is 12.9. The van der Waals surface area contributed by atoms with E-state index in [9.17, 15) is 9.59 Å². The summed E-state index contributed by atoms with van der Waals surface area (Å²) in [7, 11) is 0. The van der Waals surface area contributed by atoms with Crippen molar-refractivity contribution in [1.82, 2.24) is 20.9 Å². The van der Waals surface area contributed by atoms with Gasteiger partial charge in [-0.1, -0.05) is 13.8 Å². The van der Waals surface area contributed by atoms with E-state index in [0.717, 1.165) is 32.7 Å². The van der Waals surface area contributed by atoms with Crippen LogP contribution in [0, 0.1) is 5.92 Å². The summed E-state index contributed by atoms with van der Waals surface area (Å²) in [6.07, 6.45) is 1.04. The van der Waals surface area contributed by atoms with Gasteiger partial charge in [-0.25, -0.2) is 4.79 Å². The van der Waals surface area contributed by atoms with Crippen LogP contribution in [0.15, 0.2) is 0 Å². The average molecular weight is 298 g/mol. The fourth-order valence-electron chi connectivity index (χ4n) is 2.80. The van der Waals surface area contributed by atoms with E-state index < -0.39 is 6.04 Å². The van der Waals surface area contributed by atoms with Crippen LogP contribution in [0.4, 0.5) is 4.79 Å². The Morgan fingerprint density at radius 1 is 1.43 bits per heavy atom. The fourth-order valence-corrected chi connectivity index (χ4v) is 2.80. The number of nitrogens with one attached hydrogen (secondary N) is 3. The maximum Gasteiger partial charge on any atom is 0.315 e. The van der Waals surface area contributed by atoms with Crippen molar-refractivity contribution in [3.8, 4) is 0 Å². The topological polar surface area (TPSA) is 82.7 Å². The van der Waals surface area contributed by atoms with Crippen molar-refractivity contribution in [3.63, 3.8) is 0 Å². The van der Waals surface area contributed by atoms with Gasteiger partial charge in [-0.05, 0) is 12.3 Å². The van der Waals surface area contributed by atoms with Crippen molar-refractivity contribution < 1.29 is 14.3 Å². The van der Waals surface area contributed by atoms with Gasteiger partial charge in [-0.3, -0.25) is 9.69 Å². The van der Waals surface area contributed by atoms with Crippen molar-refractivity contribution in [3.05, 3.63) is 0 Å². The van der Waals surface area contributed by atoms with Crippen molar-refractivity contribution >= 4 is 11.9 Å². The highest BCUT2D eigenvalue weighted by Gasteiger charge is 2.28. The molecule has 0 aromatic carbocycles. The Balaban J connectivity index is 1.82. The Kier molecular flexibility index (Phi) is 5.81. The highest BCUT2D eigenvalue weighted by atomic mass is 16.5. The summed E-state index contributed by atoms with van der Waals surface area (Å²) < 4.78 is 5.39. The second-order valence-corrected chi connectivity index (χ2v) is 6.08. The molecule has 0 radical (unpaired) electrons. The first kappa shape index (κ1) is 16.0. The first-order valence-corrected chi connectivity index (χ1v) is 7.70. The zero-order valence-electron chi connectivity index (χ0n) is 12.9. The number of hydrogen-bond acceptors (Lipinski definition) is 4. The minimum absolute atomic E-state index is 0.115. The van der Waals surface area contributed by atoms with Crippen LogP contribution in [0.5, 0.6) is 0 Å². The number of ether oxygens (including phenoxy) is 1. The smallest absolute Gasteiger partial charge is 0.315 e. The van der Waals surface area contributed by atoms with E-state index in [-0.39, 0.29) is 11.9 Å². The molecule has 0 unspecified atom stereocenters.